The minimum atomic E-state index is -0.815. The van der Waals surface area contributed by atoms with Crippen LogP contribution in [0.2, 0.25) is 0 Å². The van der Waals surface area contributed by atoms with E-state index in [1.165, 1.54) is 12.0 Å². The summed E-state index contributed by atoms with van der Waals surface area (Å²) in [5.74, 6) is -0.0558. The Balaban J connectivity index is 2.06. The molecule has 0 amide bonds. The van der Waals surface area contributed by atoms with Gasteiger partial charge >= 0.3 is 5.97 Å². The second-order valence-electron chi connectivity index (χ2n) is 6.91. The molecule has 3 rings (SSSR count). The van der Waals surface area contributed by atoms with Gasteiger partial charge in [0.05, 0.1) is 0 Å². The van der Waals surface area contributed by atoms with Crippen LogP contribution in [0, 0.1) is 17.3 Å². The van der Waals surface area contributed by atoms with Gasteiger partial charge in [0.25, 0.3) is 0 Å². The van der Waals surface area contributed by atoms with Crippen LogP contribution in [0.15, 0.2) is 23.3 Å². The van der Waals surface area contributed by atoms with Gasteiger partial charge in [-0.25, -0.2) is 4.79 Å². The fourth-order valence-corrected chi connectivity index (χ4v) is 4.47. The molecule has 0 unspecified atom stereocenters. The molecule has 0 aromatic heterocycles. The summed E-state index contributed by atoms with van der Waals surface area (Å²) in [6.07, 6.45) is 7.17. The van der Waals surface area contributed by atoms with E-state index < -0.39 is 5.79 Å². The van der Waals surface area contributed by atoms with Crippen LogP contribution in [-0.4, -0.2) is 18.4 Å². The Kier molecular flexibility index (Phi) is 3.09. The van der Waals surface area contributed by atoms with E-state index in [1.807, 2.05) is 6.92 Å². The van der Waals surface area contributed by atoms with E-state index in [0.29, 0.717) is 18.4 Å². The molecule has 0 bridgehead atoms. The molecule has 1 heterocycles. The quantitative estimate of drug-likeness (QED) is 0.571. The Morgan fingerprint density at radius 2 is 2.20 bits per heavy atom. The third kappa shape index (κ3) is 1.86. The van der Waals surface area contributed by atoms with Gasteiger partial charge in [0.1, 0.15) is 0 Å². The second-order valence-corrected chi connectivity index (χ2v) is 6.91. The van der Waals surface area contributed by atoms with E-state index in [9.17, 15) is 4.79 Å². The summed E-state index contributed by atoms with van der Waals surface area (Å²) in [5.41, 5.74) is 2.44. The van der Waals surface area contributed by atoms with Crippen molar-refractivity contribution in [3.05, 3.63) is 23.3 Å². The molecule has 3 aliphatic rings. The van der Waals surface area contributed by atoms with E-state index in [4.69, 9.17) is 9.47 Å². The molecule has 0 N–H and O–H groups in total. The first-order chi connectivity index (χ1) is 9.39. The lowest BCUT2D eigenvalue weighted by Gasteiger charge is -2.52. The first-order valence-corrected chi connectivity index (χ1v) is 7.66. The molecule has 3 atom stereocenters. The van der Waals surface area contributed by atoms with E-state index in [1.54, 1.807) is 6.08 Å². The molecule has 0 aromatic carbocycles. The van der Waals surface area contributed by atoms with Gasteiger partial charge < -0.3 is 9.47 Å². The van der Waals surface area contributed by atoms with Crippen molar-refractivity contribution in [2.45, 2.75) is 52.7 Å². The van der Waals surface area contributed by atoms with Crippen molar-refractivity contribution in [2.24, 2.45) is 17.3 Å². The first kappa shape index (κ1) is 13.9. The molecule has 0 spiro atoms. The molecule has 1 fully saturated rings. The predicted octanol–water partition coefficient (Wildman–Crippen LogP) is 3.60. The van der Waals surface area contributed by atoms with Gasteiger partial charge in [-0.1, -0.05) is 25.5 Å². The summed E-state index contributed by atoms with van der Waals surface area (Å²) < 4.78 is 11.6. The average Bonchev–Trinajstić information content (AvgIpc) is 2.66. The number of carbonyl (C=O) groups is 1. The number of esters is 1. The Morgan fingerprint density at radius 3 is 2.90 bits per heavy atom. The maximum absolute atomic E-state index is 11.9. The number of allylic oxidation sites excluding steroid dienone is 2. The SMILES string of the molecule is CCO[C@]12C[C@H]3C=C(C)CC[C@H]3C(C)(C)C1=CC(=O)O2. The topological polar surface area (TPSA) is 35.5 Å². The minimum Gasteiger partial charge on any atom is -0.426 e. The van der Waals surface area contributed by atoms with Crippen LogP contribution in [0.5, 0.6) is 0 Å². The van der Waals surface area contributed by atoms with Gasteiger partial charge in [0, 0.05) is 24.7 Å². The molecule has 0 aromatic rings. The summed E-state index contributed by atoms with van der Waals surface area (Å²) >= 11 is 0. The highest BCUT2D eigenvalue weighted by Crippen LogP contribution is 2.58. The molecule has 3 heteroatoms. The molecular weight excluding hydrogens is 252 g/mol. The van der Waals surface area contributed by atoms with Gasteiger partial charge in [0.15, 0.2) is 0 Å². The number of rotatable bonds is 2. The lowest BCUT2D eigenvalue weighted by atomic mass is 9.56. The Bertz CT molecular complexity index is 500. The summed E-state index contributed by atoms with van der Waals surface area (Å²) in [6.45, 7) is 9.18. The Morgan fingerprint density at radius 1 is 1.45 bits per heavy atom. The molecule has 0 saturated heterocycles. The molecule has 20 heavy (non-hydrogen) atoms. The van der Waals surface area contributed by atoms with E-state index in [2.05, 4.69) is 26.8 Å². The smallest absolute Gasteiger partial charge is 0.333 e. The van der Waals surface area contributed by atoms with Crippen molar-refractivity contribution in [3.8, 4) is 0 Å². The van der Waals surface area contributed by atoms with Crippen LogP contribution in [0.3, 0.4) is 0 Å². The van der Waals surface area contributed by atoms with Crippen LogP contribution in [0.4, 0.5) is 0 Å². The summed E-state index contributed by atoms with van der Waals surface area (Å²) in [4.78, 5) is 11.9. The maximum atomic E-state index is 11.9. The van der Waals surface area contributed by atoms with Crippen LogP contribution < -0.4 is 0 Å². The normalized spacial score (nSPS) is 38.5. The lowest BCUT2D eigenvalue weighted by Crippen LogP contribution is -2.52. The summed E-state index contributed by atoms with van der Waals surface area (Å²) in [7, 11) is 0. The fourth-order valence-electron chi connectivity index (χ4n) is 4.47. The third-order valence-corrected chi connectivity index (χ3v) is 5.31. The van der Waals surface area contributed by atoms with E-state index in [0.717, 1.165) is 18.4 Å². The van der Waals surface area contributed by atoms with Gasteiger partial charge in [0.2, 0.25) is 5.79 Å². The molecule has 110 valence electrons. The summed E-state index contributed by atoms with van der Waals surface area (Å²) in [5, 5.41) is 0. The lowest BCUT2D eigenvalue weighted by molar-refractivity contribution is -0.223. The number of hydrogen-bond donors (Lipinski definition) is 0. The standard InChI is InChI=1S/C17H24O3/c1-5-19-17-10-12-8-11(2)6-7-13(12)16(3,4)14(17)9-15(18)20-17/h8-9,12-13H,5-7,10H2,1-4H3/t12-,13-,17+/m1/s1. The van der Waals surface area contributed by atoms with Crippen molar-refractivity contribution in [1.29, 1.82) is 0 Å². The molecular formula is C17H24O3. The zero-order valence-corrected chi connectivity index (χ0v) is 12.9. The number of carbonyl (C=O) groups excluding carboxylic acids is 1. The van der Waals surface area contributed by atoms with Crippen LogP contribution in [-0.2, 0) is 14.3 Å². The highest BCUT2D eigenvalue weighted by Gasteiger charge is 2.59. The zero-order valence-electron chi connectivity index (χ0n) is 12.9. The molecule has 3 nitrogen and oxygen atoms in total. The third-order valence-electron chi connectivity index (χ3n) is 5.31. The Hall–Kier alpha value is -1.09. The number of fused-ring (bicyclic) bond motifs is 2. The predicted molar refractivity (Wildman–Crippen MR) is 76.9 cm³/mol. The van der Waals surface area contributed by atoms with Crippen molar-refractivity contribution in [2.75, 3.05) is 6.61 Å². The monoisotopic (exact) mass is 276 g/mol. The number of ether oxygens (including phenoxy) is 2. The highest BCUT2D eigenvalue weighted by atomic mass is 16.7. The van der Waals surface area contributed by atoms with Crippen LogP contribution >= 0.6 is 0 Å². The molecule has 0 radical (unpaired) electrons. The molecule has 1 saturated carbocycles. The minimum absolute atomic E-state index is 0.0541. The van der Waals surface area contributed by atoms with E-state index in [-0.39, 0.29) is 11.4 Å². The van der Waals surface area contributed by atoms with Gasteiger partial charge in [-0.2, -0.15) is 0 Å². The van der Waals surface area contributed by atoms with Gasteiger partial charge in [-0.3, -0.25) is 0 Å². The largest absolute Gasteiger partial charge is 0.426 e. The van der Waals surface area contributed by atoms with Crippen molar-refractivity contribution >= 4 is 5.97 Å². The van der Waals surface area contributed by atoms with E-state index >= 15 is 0 Å². The van der Waals surface area contributed by atoms with Crippen molar-refractivity contribution < 1.29 is 14.3 Å². The molecule has 2 aliphatic carbocycles. The number of hydrogen-bond acceptors (Lipinski definition) is 3. The van der Waals surface area contributed by atoms with Gasteiger partial charge in [-0.15, -0.1) is 0 Å². The first-order valence-electron chi connectivity index (χ1n) is 7.66. The van der Waals surface area contributed by atoms with Crippen LogP contribution in [0.1, 0.15) is 47.0 Å². The molecule has 1 aliphatic heterocycles. The Labute approximate surface area is 121 Å². The van der Waals surface area contributed by atoms with Crippen LogP contribution in [0.25, 0.3) is 0 Å². The second kappa shape index (κ2) is 4.45. The van der Waals surface area contributed by atoms with Crippen molar-refractivity contribution in [1.82, 2.24) is 0 Å². The zero-order chi connectivity index (χ0) is 14.5. The van der Waals surface area contributed by atoms with Crippen molar-refractivity contribution in [3.63, 3.8) is 0 Å². The van der Waals surface area contributed by atoms with Gasteiger partial charge in [-0.05, 0) is 43.9 Å². The maximum Gasteiger partial charge on any atom is 0.333 e. The summed E-state index contributed by atoms with van der Waals surface area (Å²) in [6, 6.07) is 0. The fraction of sp³-hybridized carbons (Fsp3) is 0.706. The highest BCUT2D eigenvalue weighted by molar-refractivity contribution is 5.87. The average molecular weight is 276 g/mol.